The number of nitrogens with zero attached hydrogens (tertiary/aromatic N) is 2. The van der Waals surface area contributed by atoms with Crippen LogP contribution in [-0.2, 0) is 19.8 Å². The Bertz CT molecular complexity index is 1210. The first-order valence-electron chi connectivity index (χ1n) is 12.4. The van der Waals surface area contributed by atoms with Gasteiger partial charge in [0.2, 0.25) is 11.8 Å². The Morgan fingerprint density at radius 1 is 1.06 bits per heavy atom. The summed E-state index contributed by atoms with van der Waals surface area (Å²) in [5, 5.41) is 3.11. The molecule has 8 nitrogen and oxygen atoms in total. The Hall–Kier alpha value is -2.82. The zero-order valence-corrected chi connectivity index (χ0v) is 21.4. The average Bonchev–Trinajstić information content (AvgIpc) is 3.69. The number of amides is 2. The maximum absolute atomic E-state index is 14.3. The lowest BCUT2D eigenvalue weighted by Gasteiger charge is -2.35. The number of hydrogen-bond acceptors (Lipinski definition) is 4. The number of nitrogens with one attached hydrogen (secondary N) is 2. The summed E-state index contributed by atoms with van der Waals surface area (Å²) < 4.78 is 43.0. The number of benzene rings is 2. The summed E-state index contributed by atoms with van der Waals surface area (Å²) in [5.74, 6) is -1.60. The van der Waals surface area contributed by atoms with Crippen molar-refractivity contribution in [1.29, 1.82) is 0 Å². The zero-order chi connectivity index (χ0) is 25.9. The maximum atomic E-state index is 14.3. The van der Waals surface area contributed by atoms with Crippen LogP contribution in [0.15, 0.2) is 48.5 Å². The Morgan fingerprint density at radius 3 is 2.39 bits per heavy atom. The molecule has 10 heteroatoms. The fraction of sp³-hybridized carbons (Fsp3) is 0.462. The van der Waals surface area contributed by atoms with Crippen LogP contribution in [0, 0.1) is 12.7 Å². The van der Waals surface area contributed by atoms with Crippen LogP contribution < -0.4 is 14.9 Å². The van der Waals surface area contributed by atoms with Gasteiger partial charge < -0.3 is 5.32 Å². The summed E-state index contributed by atoms with van der Waals surface area (Å²) in [5.41, 5.74) is 1.54. The van der Waals surface area contributed by atoms with Crippen LogP contribution in [0.25, 0.3) is 0 Å². The molecule has 2 atom stereocenters. The van der Waals surface area contributed by atoms with Gasteiger partial charge in [-0.05, 0) is 56.0 Å². The first-order chi connectivity index (χ1) is 17.2. The van der Waals surface area contributed by atoms with Crippen LogP contribution in [0.4, 0.5) is 10.1 Å². The van der Waals surface area contributed by atoms with Crippen molar-refractivity contribution in [2.24, 2.45) is 0 Å². The monoisotopic (exact) mass is 516 g/mol. The second-order valence-electron chi connectivity index (χ2n) is 9.53. The molecular weight excluding hydrogens is 483 g/mol. The van der Waals surface area contributed by atoms with Gasteiger partial charge in [-0.3, -0.25) is 14.5 Å². The summed E-state index contributed by atoms with van der Waals surface area (Å²) >= 11 is 0. The summed E-state index contributed by atoms with van der Waals surface area (Å²) in [6.45, 7) is 4.06. The highest BCUT2D eigenvalue weighted by Crippen LogP contribution is 2.32. The van der Waals surface area contributed by atoms with E-state index in [2.05, 4.69) is 10.0 Å². The van der Waals surface area contributed by atoms with Gasteiger partial charge in [0.15, 0.2) is 0 Å². The second-order valence-corrected chi connectivity index (χ2v) is 11.2. The first kappa shape index (κ1) is 26.2. The van der Waals surface area contributed by atoms with E-state index in [1.807, 2.05) is 19.1 Å². The molecule has 0 aromatic heterocycles. The van der Waals surface area contributed by atoms with Gasteiger partial charge in [0, 0.05) is 24.8 Å². The van der Waals surface area contributed by atoms with E-state index in [1.54, 1.807) is 18.2 Å². The van der Waals surface area contributed by atoms with Gasteiger partial charge in [-0.2, -0.15) is 17.4 Å². The lowest BCUT2D eigenvalue weighted by atomic mass is 9.93. The molecule has 2 amide bonds. The number of aryl methyl sites for hydroxylation is 1. The molecule has 36 heavy (non-hydrogen) atoms. The third kappa shape index (κ3) is 6.11. The van der Waals surface area contributed by atoms with E-state index >= 15 is 0 Å². The zero-order valence-electron chi connectivity index (χ0n) is 20.6. The molecule has 194 valence electrons. The van der Waals surface area contributed by atoms with Gasteiger partial charge in [0.25, 0.3) is 10.2 Å². The van der Waals surface area contributed by atoms with Crippen molar-refractivity contribution in [1.82, 2.24) is 14.3 Å². The van der Waals surface area contributed by atoms with Crippen molar-refractivity contribution in [3.05, 3.63) is 65.5 Å². The molecule has 0 spiro atoms. The van der Waals surface area contributed by atoms with Gasteiger partial charge in [0.05, 0.1) is 6.04 Å². The minimum atomic E-state index is -3.84. The molecule has 4 rings (SSSR count). The quantitative estimate of drug-likeness (QED) is 0.500. The first-order valence-corrected chi connectivity index (χ1v) is 13.8. The smallest absolute Gasteiger partial charge is 0.280 e. The summed E-state index contributed by atoms with van der Waals surface area (Å²) in [4.78, 5) is 28.9. The molecular formula is C26H33FN4O4S. The van der Waals surface area contributed by atoms with Gasteiger partial charge in [-0.25, -0.2) is 4.39 Å². The number of carbonyl (C=O) groups excluding carboxylic acids is 2. The van der Waals surface area contributed by atoms with E-state index < -0.39 is 34.0 Å². The summed E-state index contributed by atoms with van der Waals surface area (Å²) in [6, 6.07) is 10.4. The standard InChI is InChI=1S/C26H33FN4O4S/c1-18-9-6-7-14-23(18)24(25(32)28-21-11-4-3-5-12-21)31(22-13-8-10-20(27)17-22)26(33)19(2)29-36(34,35)30-15-16-30/h6-10,13-14,17,19,21,24,29H,3-5,11-12,15-16H2,1-2H3,(H,28,32)/t19-,24-/m0/s1. The van der Waals surface area contributed by atoms with Crippen molar-refractivity contribution in [3.8, 4) is 0 Å². The Labute approximate surface area is 212 Å². The van der Waals surface area contributed by atoms with Crippen molar-refractivity contribution >= 4 is 27.7 Å². The van der Waals surface area contributed by atoms with E-state index in [0.29, 0.717) is 18.7 Å². The second kappa shape index (κ2) is 11.1. The van der Waals surface area contributed by atoms with Crippen molar-refractivity contribution in [3.63, 3.8) is 0 Å². The van der Waals surface area contributed by atoms with E-state index in [9.17, 15) is 22.4 Å². The maximum Gasteiger partial charge on any atom is 0.280 e. The molecule has 1 saturated carbocycles. The average molecular weight is 517 g/mol. The Balaban J connectivity index is 1.75. The Morgan fingerprint density at radius 2 is 1.75 bits per heavy atom. The fourth-order valence-electron chi connectivity index (χ4n) is 4.69. The van der Waals surface area contributed by atoms with Gasteiger partial charge in [0.1, 0.15) is 11.9 Å². The van der Waals surface area contributed by atoms with Crippen LogP contribution in [0.1, 0.15) is 56.2 Å². The summed E-state index contributed by atoms with van der Waals surface area (Å²) in [6.07, 6.45) is 4.86. The highest BCUT2D eigenvalue weighted by atomic mass is 32.2. The Kier molecular flexibility index (Phi) is 8.07. The number of halogens is 1. The topological polar surface area (TPSA) is 98.6 Å². The number of rotatable bonds is 9. The molecule has 1 saturated heterocycles. The molecule has 1 aliphatic carbocycles. The molecule has 0 unspecified atom stereocenters. The highest BCUT2D eigenvalue weighted by molar-refractivity contribution is 7.87. The van der Waals surface area contributed by atoms with Crippen LogP contribution in [-0.4, -0.2) is 49.7 Å². The molecule has 2 aliphatic rings. The normalized spacial score (nSPS) is 18.3. The fourth-order valence-corrected chi connectivity index (χ4v) is 5.94. The van der Waals surface area contributed by atoms with E-state index in [4.69, 9.17) is 0 Å². The molecule has 2 N–H and O–H groups in total. The molecule has 0 bridgehead atoms. The SMILES string of the molecule is Cc1ccccc1[C@@H](C(=O)NC1CCCCC1)N(C(=O)[C@H](C)NS(=O)(=O)N1CC1)c1cccc(F)c1. The summed E-state index contributed by atoms with van der Waals surface area (Å²) in [7, 11) is -3.84. The molecule has 2 aromatic carbocycles. The van der Waals surface area contributed by atoms with E-state index in [1.165, 1.54) is 34.3 Å². The van der Waals surface area contributed by atoms with Crippen LogP contribution in [0.3, 0.4) is 0 Å². The van der Waals surface area contributed by atoms with Crippen LogP contribution in [0.2, 0.25) is 0 Å². The molecule has 2 aromatic rings. The lowest BCUT2D eigenvalue weighted by Crippen LogP contribution is -2.53. The number of hydrogen-bond donors (Lipinski definition) is 2. The number of anilines is 1. The minimum absolute atomic E-state index is 0.0131. The predicted octanol–water partition coefficient (Wildman–Crippen LogP) is 3.20. The third-order valence-electron chi connectivity index (χ3n) is 6.71. The van der Waals surface area contributed by atoms with Gasteiger partial charge in [-0.15, -0.1) is 0 Å². The molecule has 1 aliphatic heterocycles. The van der Waals surface area contributed by atoms with Crippen molar-refractivity contribution in [2.75, 3.05) is 18.0 Å². The number of carbonyl (C=O) groups is 2. The lowest BCUT2D eigenvalue weighted by molar-refractivity contribution is -0.127. The molecule has 1 heterocycles. The largest absolute Gasteiger partial charge is 0.351 e. The van der Waals surface area contributed by atoms with E-state index in [0.717, 1.165) is 37.7 Å². The predicted molar refractivity (Wildman–Crippen MR) is 136 cm³/mol. The van der Waals surface area contributed by atoms with Crippen molar-refractivity contribution in [2.45, 2.75) is 64.1 Å². The van der Waals surface area contributed by atoms with Crippen molar-refractivity contribution < 1.29 is 22.4 Å². The van der Waals surface area contributed by atoms with Gasteiger partial charge in [-0.1, -0.05) is 49.6 Å². The van der Waals surface area contributed by atoms with Crippen LogP contribution in [0.5, 0.6) is 0 Å². The molecule has 2 fully saturated rings. The highest BCUT2D eigenvalue weighted by Gasteiger charge is 2.39. The third-order valence-corrected chi connectivity index (χ3v) is 8.40. The van der Waals surface area contributed by atoms with Crippen LogP contribution >= 0.6 is 0 Å². The minimum Gasteiger partial charge on any atom is -0.351 e. The van der Waals surface area contributed by atoms with E-state index in [-0.39, 0.29) is 17.6 Å². The van der Waals surface area contributed by atoms with Gasteiger partial charge >= 0.3 is 0 Å². The molecule has 0 radical (unpaired) electrons.